The van der Waals surface area contributed by atoms with Crippen LogP contribution >= 0.6 is 27.5 Å². The number of carbonyl (C=O) groups excluding carboxylic acids is 2. The van der Waals surface area contributed by atoms with Gasteiger partial charge in [-0.15, -0.1) is 0 Å². The third kappa shape index (κ3) is 5.67. The highest BCUT2D eigenvalue weighted by molar-refractivity contribution is 9.10. The lowest BCUT2D eigenvalue weighted by Gasteiger charge is -2.24. The summed E-state index contributed by atoms with van der Waals surface area (Å²) in [5.41, 5.74) is 0.508. The third-order valence-corrected chi connectivity index (χ3v) is 4.09. The van der Waals surface area contributed by atoms with Crippen LogP contribution in [0.3, 0.4) is 0 Å². The molecule has 0 aliphatic carbocycles. The highest BCUT2D eigenvalue weighted by atomic mass is 79.9. The molecule has 0 radical (unpaired) electrons. The number of hydrogen-bond acceptors (Lipinski definition) is 3. The number of esters is 1. The fourth-order valence-corrected chi connectivity index (χ4v) is 2.28. The second-order valence-electron chi connectivity index (χ2n) is 5.10. The van der Waals surface area contributed by atoms with Crippen molar-refractivity contribution >= 4 is 39.4 Å². The molecule has 4 nitrogen and oxygen atoms in total. The van der Waals surface area contributed by atoms with Gasteiger partial charge >= 0.3 is 5.97 Å². The maximum Gasteiger partial charge on any atom is 0.307 e. The second kappa shape index (κ2) is 8.39. The molecule has 1 rings (SSSR count). The van der Waals surface area contributed by atoms with Crippen molar-refractivity contribution < 1.29 is 14.3 Å². The zero-order valence-corrected chi connectivity index (χ0v) is 14.7. The molecule has 0 N–H and O–H groups in total. The molecule has 0 saturated heterocycles. The Bertz CT molecular complexity index is 520. The number of amides is 1. The Kier molecular flexibility index (Phi) is 7.18. The third-order valence-electron chi connectivity index (χ3n) is 2.85. The number of ether oxygens (including phenoxy) is 1. The Morgan fingerprint density at radius 3 is 2.57 bits per heavy atom. The van der Waals surface area contributed by atoms with Crippen LogP contribution in [0.4, 0.5) is 0 Å². The molecule has 0 aromatic heterocycles. The van der Waals surface area contributed by atoms with Crippen molar-refractivity contribution in [3.63, 3.8) is 0 Å². The maximum atomic E-state index is 12.5. The summed E-state index contributed by atoms with van der Waals surface area (Å²) in [6, 6.07) is 5.08. The summed E-state index contributed by atoms with van der Waals surface area (Å²) < 4.78 is 5.36. The minimum Gasteiger partial charge on any atom is -0.469 e. The molecule has 0 heterocycles. The van der Waals surface area contributed by atoms with Crippen molar-refractivity contribution in [3.8, 4) is 0 Å². The van der Waals surface area contributed by atoms with Gasteiger partial charge in [-0.2, -0.15) is 0 Å². The van der Waals surface area contributed by atoms with Crippen LogP contribution in [0.15, 0.2) is 22.7 Å². The minimum atomic E-state index is -0.328. The van der Waals surface area contributed by atoms with Crippen LogP contribution < -0.4 is 0 Å². The van der Waals surface area contributed by atoms with E-state index >= 15 is 0 Å². The van der Waals surface area contributed by atoms with Crippen LogP contribution in [0.25, 0.3) is 0 Å². The highest BCUT2D eigenvalue weighted by Gasteiger charge is 2.19. The van der Waals surface area contributed by atoms with E-state index in [2.05, 4.69) is 20.7 Å². The van der Waals surface area contributed by atoms with Gasteiger partial charge < -0.3 is 9.64 Å². The number of nitrogens with zero attached hydrogens (tertiary/aromatic N) is 1. The van der Waals surface area contributed by atoms with Gasteiger partial charge in [-0.3, -0.25) is 9.59 Å². The fraction of sp³-hybridized carbons (Fsp3) is 0.467. The van der Waals surface area contributed by atoms with E-state index in [1.165, 1.54) is 7.11 Å². The standard InChI is InChI=1S/C15H19BrClNO3/c1-10(2)9-18(7-6-14(19)21-3)15(20)11-4-5-12(16)13(17)8-11/h4-5,8,10H,6-7,9H2,1-3H3. The molecule has 0 fully saturated rings. The van der Waals surface area contributed by atoms with E-state index < -0.39 is 0 Å². The van der Waals surface area contributed by atoms with Crippen molar-refractivity contribution in [3.05, 3.63) is 33.3 Å². The van der Waals surface area contributed by atoms with Gasteiger partial charge in [0.1, 0.15) is 0 Å². The van der Waals surface area contributed by atoms with E-state index in [0.717, 1.165) is 4.47 Å². The molecule has 0 unspecified atom stereocenters. The summed E-state index contributed by atoms with van der Waals surface area (Å²) >= 11 is 9.32. The topological polar surface area (TPSA) is 46.6 Å². The second-order valence-corrected chi connectivity index (χ2v) is 6.36. The Morgan fingerprint density at radius 1 is 1.38 bits per heavy atom. The average Bonchev–Trinajstić information content (AvgIpc) is 2.44. The molecule has 0 bridgehead atoms. The lowest BCUT2D eigenvalue weighted by atomic mass is 10.1. The molecule has 116 valence electrons. The van der Waals surface area contributed by atoms with Gasteiger partial charge in [0, 0.05) is 23.1 Å². The number of methoxy groups -OCH3 is 1. The number of halogens is 2. The van der Waals surface area contributed by atoms with Crippen LogP contribution in [0, 0.1) is 5.92 Å². The van der Waals surface area contributed by atoms with E-state index in [-0.39, 0.29) is 18.3 Å². The van der Waals surface area contributed by atoms with E-state index in [1.54, 1.807) is 23.1 Å². The Hall–Kier alpha value is -1.07. The van der Waals surface area contributed by atoms with Crippen LogP contribution in [-0.4, -0.2) is 37.0 Å². The van der Waals surface area contributed by atoms with E-state index in [4.69, 9.17) is 11.6 Å². The molecule has 0 spiro atoms. The average molecular weight is 377 g/mol. The Morgan fingerprint density at radius 2 is 2.05 bits per heavy atom. The molecule has 21 heavy (non-hydrogen) atoms. The summed E-state index contributed by atoms with van der Waals surface area (Å²) in [4.78, 5) is 25.5. The van der Waals surface area contributed by atoms with Gasteiger partial charge in [0.25, 0.3) is 5.91 Å². The van der Waals surface area contributed by atoms with E-state index in [9.17, 15) is 9.59 Å². The first-order chi connectivity index (χ1) is 9.85. The minimum absolute atomic E-state index is 0.137. The van der Waals surface area contributed by atoms with Crippen molar-refractivity contribution in [2.75, 3.05) is 20.2 Å². The van der Waals surface area contributed by atoms with Crippen molar-refractivity contribution in [2.24, 2.45) is 5.92 Å². The zero-order valence-electron chi connectivity index (χ0n) is 12.4. The molecular weight excluding hydrogens is 358 g/mol. The molecule has 0 aliphatic rings. The Balaban J connectivity index is 2.87. The quantitative estimate of drug-likeness (QED) is 0.710. The summed E-state index contributed by atoms with van der Waals surface area (Å²) in [5, 5.41) is 0.485. The first-order valence-corrected chi connectivity index (χ1v) is 7.83. The van der Waals surface area contributed by atoms with Gasteiger partial charge in [-0.1, -0.05) is 25.4 Å². The van der Waals surface area contributed by atoms with Crippen LogP contribution in [0.2, 0.25) is 5.02 Å². The lowest BCUT2D eigenvalue weighted by Crippen LogP contribution is -2.36. The molecule has 0 aliphatic heterocycles. The van der Waals surface area contributed by atoms with Gasteiger partial charge in [-0.25, -0.2) is 0 Å². The number of rotatable bonds is 6. The van der Waals surface area contributed by atoms with Crippen molar-refractivity contribution in [1.29, 1.82) is 0 Å². The monoisotopic (exact) mass is 375 g/mol. The molecule has 1 aromatic rings. The molecular formula is C15H19BrClNO3. The van der Waals surface area contributed by atoms with E-state index in [1.807, 2.05) is 13.8 Å². The zero-order chi connectivity index (χ0) is 16.0. The molecule has 1 amide bonds. The van der Waals surface area contributed by atoms with E-state index in [0.29, 0.717) is 29.6 Å². The highest BCUT2D eigenvalue weighted by Crippen LogP contribution is 2.24. The predicted molar refractivity (Wildman–Crippen MR) is 86.5 cm³/mol. The molecule has 0 atom stereocenters. The van der Waals surface area contributed by atoms with Gasteiger partial charge in [0.2, 0.25) is 0 Å². The summed E-state index contributed by atoms with van der Waals surface area (Å²) in [6.45, 7) is 4.95. The number of hydrogen-bond donors (Lipinski definition) is 0. The van der Waals surface area contributed by atoms with Crippen molar-refractivity contribution in [2.45, 2.75) is 20.3 Å². The summed E-state index contributed by atoms with van der Waals surface area (Å²) in [5.74, 6) is -0.162. The van der Waals surface area contributed by atoms with Crippen molar-refractivity contribution in [1.82, 2.24) is 4.90 Å². The molecule has 6 heteroatoms. The van der Waals surface area contributed by atoms with Crippen LogP contribution in [0.1, 0.15) is 30.6 Å². The molecule has 0 saturated carbocycles. The maximum absolute atomic E-state index is 12.5. The lowest BCUT2D eigenvalue weighted by molar-refractivity contribution is -0.140. The number of carbonyl (C=O) groups is 2. The number of benzene rings is 1. The first-order valence-electron chi connectivity index (χ1n) is 6.66. The molecule has 1 aromatic carbocycles. The van der Waals surface area contributed by atoms with Crippen LogP contribution in [-0.2, 0) is 9.53 Å². The van der Waals surface area contributed by atoms with Gasteiger partial charge in [0.15, 0.2) is 0 Å². The fourth-order valence-electron chi connectivity index (χ4n) is 1.86. The first kappa shape index (κ1) is 18.0. The predicted octanol–water partition coefficient (Wildman–Crippen LogP) is 3.76. The van der Waals surface area contributed by atoms with Gasteiger partial charge in [-0.05, 0) is 40.0 Å². The van der Waals surface area contributed by atoms with Crippen LogP contribution in [0.5, 0.6) is 0 Å². The van der Waals surface area contributed by atoms with Gasteiger partial charge in [0.05, 0.1) is 18.6 Å². The summed E-state index contributed by atoms with van der Waals surface area (Å²) in [6.07, 6.45) is 0.180. The smallest absolute Gasteiger partial charge is 0.307 e. The summed E-state index contributed by atoms with van der Waals surface area (Å²) in [7, 11) is 1.34. The largest absolute Gasteiger partial charge is 0.469 e. The normalized spacial score (nSPS) is 10.6. The Labute approximate surface area is 138 Å². The SMILES string of the molecule is COC(=O)CCN(CC(C)C)C(=O)c1ccc(Br)c(Cl)c1.